The molecule has 7 heteroatoms. The molecule has 1 aromatic heterocycles. The van der Waals surface area contributed by atoms with E-state index in [0.29, 0.717) is 15.1 Å². The van der Waals surface area contributed by atoms with Crippen molar-refractivity contribution < 1.29 is 0 Å². The first-order chi connectivity index (χ1) is 12.5. The molecule has 0 spiro atoms. The second kappa shape index (κ2) is 8.69. The Morgan fingerprint density at radius 3 is 2.42 bits per heavy atom. The Morgan fingerprint density at radius 2 is 1.77 bits per heavy atom. The maximum absolute atomic E-state index is 6.42. The maximum atomic E-state index is 6.42. The highest BCUT2D eigenvalue weighted by molar-refractivity contribution is 6.35. The van der Waals surface area contributed by atoms with E-state index in [-0.39, 0.29) is 12.2 Å². The van der Waals surface area contributed by atoms with E-state index in [0.717, 1.165) is 11.1 Å². The molecule has 0 radical (unpaired) electrons. The Bertz CT molecular complexity index is 876. The number of rotatable bonds is 6. The van der Waals surface area contributed by atoms with E-state index in [1.165, 1.54) is 6.33 Å². The molecular weight excluding hydrogens is 391 g/mol. The minimum absolute atomic E-state index is 0.0795. The molecule has 0 saturated heterocycles. The Labute approximate surface area is 167 Å². The summed E-state index contributed by atoms with van der Waals surface area (Å²) >= 11 is 18.4. The maximum Gasteiger partial charge on any atom is 0.137 e. The Morgan fingerprint density at radius 1 is 1.04 bits per heavy atom. The first-order valence-corrected chi connectivity index (χ1v) is 9.15. The molecule has 2 unspecified atom stereocenters. The molecule has 0 amide bonds. The van der Waals surface area contributed by atoms with Crippen molar-refractivity contribution in [2.24, 2.45) is 0 Å². The van der Waals surface area contributed by atoms with Crippen molar-refractivity contribution in [3.05, 3.63) is 87.4 Å². The molecule has 4 nitrogen and oxygen atoms in total. The second-order valence-electron chi connectivity index (χ2n) is 5.77. The number of halogens is 3. The van der Waals surface area contributed by atoms with Gasteiger partial charge in [0.2, 0.25) is 0 Å². The van der Waals surface area contributed by atoms with Gasteiger partial charge < -0.3 is 0 Å². The lowest BCUT2D eigenvalue weighted by atomic mass is 10.0. The van der Waals surface area contributed by atoms with Crippen LogP contribution in [-0.2, 0) is 0 Å². The monoisotopic (exact) mass is 406 g/mol. The van der Waals surface area contributed by atoms with Crippen LogP contribution >= 0.6 is 34.8 Å². The van der Waals surface area contributed by atoms with Crippen LogP contribution in [0.25, 0.3) is 6.08 Å². The molecule has 134 valence electrons. The highest BCUT2D eigenvalue weighted by atomic mass is 35.5. The Hall–Kier alpha value is -1.85. The van der Waals surface area contributed by atoms with Gasteiger partial charge in [-0.05, 0) is 42.3 Å². The van der Waals surface area contributed by atoms with Crippen LogP contribution in [0.3, 0.4) is 0 Å². The summed E-state index contributed by atoms with van der Waals surface area (Å²) in [6, 6.07) is 13.0. The summed E-state index contributed by atoms with van der Waals surface area (Å²) in [6.07, 6.45) is 7.16. The number of hydrogen-bond donors (Lipinski definition) is 1. The number of hydrogen-bond acceptors (Lipinski definition) is 3. The van der Waals surface area contributed by atoms with Crippen molar-refractivity contribution in [3.63, 3.8) is 0 Å². The summed E-state index contributed by atoms with van der Waals surface area (Å²) in [5.41, 5.74) is 1.97. The van der Waals surface area contributed by atoms with Crippen molar-refractivity contribution in [1.82, 2.24) is 20.1 Å². The van der Waals surface area contributed by atoms with Crippen LogP contribution in [0.2, 0.25) is 15.1 Å². The van der Waals surface area contributed by atoms with E-state index in [9.17, 15) is 0 Å². The zero-order valence-corrected chi connectivity index (χ0v) is 16.2. The predicted molar refractivity (Wildman–Crippen MR) is 108 cm³/mol. The Balaban J connectivity index is 1.88. The van der Waals surface area contributed by atoms with Crippen LogP contribution in [0.5, 0.6) is 0 Å². The van der Waals surface area contributed by atoms with Crippen LogP contribution in [-0.4, -0.2) is 14.8 Å². The Kier molecular flexibility index (Phi) is 6.33. The largest absolute Gasteiger partial charge is 0.285 e. The number of aromatic nitrogens is 3. The van der Waals surface area contributed by atoms with Crippen molar-refractivity contribution in [1.29, 1.82) is 0 Å². The third kappa shape index (κ3) is 4.86. The smallest absolute Gasteiger partial charge is 0.137 e. The molecule has 1 N–H and O–H groups in total. The lowest BCUT2D eigenvalue weighted by Gasteiger charge is -2.22. The molecule has 2 aromatic carbocycles. The van der Waals surface area contributed by atoms with Crippen molar-refractivity contribution >= 4 is 40.9 Å². The van der Waals surface area contributed by atoms with Gasteiger partial charge in [0.15, 0.2) is 0 Å². The van der Waals surface area contributed by atoms with E-state index >= 15 is 0 Å². The number of benzene rings is 2. The molecular formula is C19H17Cl3N4. The summed E-state index contributed by atoms with van der Waals surface area (Å²) in [5, 5.41) is 9.58. The van der Waals surface area contributed by atoms with Crippen LogP contribution in [0.1, 0.15) is 30.3 Å². The number of nitrogens with one attached hydrogen (secondary N) is 1. The summed E-state index contributed by atoms with van der Waals surface area (Å²) in [6.45, 7) is 2.00. The zero-order chi connectivity index (χ0) is 18.5. The average molecular weight is 408 g/mol. The quantitative estimate of drug-likeness (QED) is 0.561. The third-order valence-corrected chi connectivity index (χ3v) is 4.72. The molecule has 0 bridgehead atoms. The third-order valence-electron chi connectivity index (χ3n) is 3.90. The molecule has 0 fully saturated rings. The van der Waals surface area contributed by atoms with Gasteiger partial charge in [0.1, 0.15) is 18.8 Å². The topological polar surface area (TPSA) is 42.7 Å². The van der Waals surface area contributed by atoms with E-state index in [1.54, 1.807) is 17.1 Å². The minimum Gasteiger partial charge on any atom is -0.285 e. The van der Waals surface area contributed by atoms with Gasteiger partial charge >= 0.3 is 0 Å². The normalized spacial score (nSPS) is 13.8. The fraction of sp³-hybridized carbons (Fsp3) is 0.158. The molecule has 3 rings (SSSR count). The van der Waals surface area contributed by atoms with Gasteiger partial charge in [0.05, 0.1) is 6.04 Å². The van der Waals surface area contributed by atoms with Gasteiger partial charge in [-0.2, -0.15) is 5.10 Å². The van der Waals surface area contributed by atoms with E-state index < -0.39 is 0 Å². The molecule has 26 heavy (non-hydrogen) atoms. The lowest BCUT2D eigenvalue weighted by Crippen LogP contribution is -2.28. The zero-order valence-electron chi connectivity index (χ0n) is 14.0. The summed E-state index contributed by atoms with van der Waals surface area (Å²) in [7, 11) is 0. The molecule has 0 saturated carbocycles. The molecule has 1 heterocycles. The average Bonchev–Trinajstić information content (AvgIpc) is 3.15. The van der Waals surface area contributed by atoms with Crippen LogP contribution < -0.4 is 5.32 Å². The second-order valence-corrected chi connectivity index (χ2v) is 7.05. The highest BCUT2D eigenvalue weighted by Gasteiger charge is 2.16. The summed E-state index contributed by atoms with van der Waals surface area (Å²) in [5.74, 6) is 0. The van der Waals surface area contributed by atoms with Gasteiger partial charge in [0.25, 0.3) is 0 Å². The minimum atomic E-state index is -0.144. The first kappa shape index (κ1) is 18.9. The van der Waals surface area contributed by atoms with Crippen LogP contribution in [0.15, 0.2) is 61.2 Å². The highest BCUT2D eigenvalue weighted by Crippen LogP contribution is 2.29. The van der Waals surface area contributed by atoms with Gasteiger partial charge in [-0.3, -0.25) is 5.32 Å². The van der Waals surface area contributed by atoms with E-state index in [2.05, 4.69) is 15.4 Å². The first-order valence-electron chi connectivity index (χ1n) is 8.02. The van der Waals surface area contributed by atoms with Gasteiger partial charge in [-0.1, -0.05) is 65.2 Å². The van der Waals surface area contributed by atoms with Crippen molar-refractivity contribution in [2.75, 3.05) is 0 Å². The van der Waals surface area contributed by atoms with E-state index in [1.807, 2.05) is 55.5 Å². The predicted octanol–water partition coefficient (Wildman–Crippen LogP) is 5.80. The standard InChI is InChI=1S/C19H17Cl3N4/c1-13(26-12-23-11-24-26)25-19(17-8-7-16(21)10-18(17)22)9-4-14-2-5-15(20)6-3-14/h2-13,19,25H,1H3/b9-4+. The number of nitrogens with zero attached hydrogens (tertiary/aromatic N) is 3. The molecule has 3 aromatic rings. The summed E-state index contributed by atoms with van der Waals surface area (Å²) < 4.78 is 1.74. The SMILES string of the molecule is CC(NC(/C=C/c1ccc(Cl)cc1)c1ccc(Cl)cc1Cl)n1cncn1. The van der Waals surface area contributed by atoms with Crippen molar-refractivity contribution in [3.8, 4) is 0 Å². The van der Waals surface area contributed by atoms with Crippen LogP contribution in [0.4, 0.5) is 0 Å². The van der Waals surface area contributed by atoms with E-state index in [4.69, 9.17) is 34.8 Å². The molecule has 0 aliphatic carbocycles. The lowest BCUT2D eigenvalue weighted by molar-refractivity contribution is 0.377. The fourth-order valence-corrected chi connectivity index (χ4v) is 3.19. The molecule has 0 aliphatic rings. The molecule has 2 atom stereocenters. The van der Waals surface area contributed by atoms with Gasteiger partial charge in [0, 0.05) is 15.1 Å². The molecule has 0 aliphatic heterocycles. The van der Waals surface area contributed by atoms with Crippen LogP contribution in [0, 0.1) is 0 Å². The summed E-state index contributed by atoms with van der Waals surface area (Å²) in [4.78, 5) is 3.99. The van der Waals surface area contributed by atoms with Gasteiger partial charge in [-0.15, -0.1) is 0 Å². The van der Waals surface area contributed by atoms with Crippen molar-refractivity contribution in [2.45, 2.75) is 19.1 Å². The fourth-order valence-electron chi connectivity index (χ4n) is 2.54. The van der Waals surface area contributed by atoms with Gasteiger partial charge in [-0.25, -0.2) is 9.67 Å².